The summed E-state index contributed by atoms with van der Waals surface area (Å²) in [6, 6.07) is 6.40. The molecule has 0 bridgehead atoms. The molecule has 1 amide bonds. The van der Waals surface area contributed by atoms with Crippen LogP contribution in [0.1, 0.15) is 38.3 Å². The quantitative estimate of drug-likeness (QED) is 0.713. The van der Waals surface area contributed by atoms with Gasteiger partial charge in [-0.3, -0.25) is 4.79 Å². The first kappa shape index (κ1) is 18.5. The molecule has 4 nitrogen and oxygen atoms in total. The highest BCUT2D eigenvalue weighted by molar-refractivity contribution is 5.81. The van der Waals surface area contributed by atoms with Gasteiger partial charge in [-0.1, -0.05) is 6.07 Å². The number of likely N-dealkylation sites (N-methyl/N-ethyl adjacent to an activating group) is 1. The van der Waals surface area contributed by atoms with Crippen LogP contribution in [0.3, 0.4) is 0 Å². The summed E-state index contributed by atoms with van der Waals surface area (Å²) < 4.78 is 5.46. The van der Waals surface area contributed by atoms with Gasteiger partial charge in [0.25, 0.3) is 0 Å². The van der Waals surface area contributed by atoms with Gasteiger partial charge in [0.15, 0.2) is 0 Å². The molecule has 22 heavy (non-hydrogen) atoms. The highest BCUT2D eigenvalue weighted by Crippen LogP contribution is 2.18. The molecule has 0 fully saturated rings. The Bertz CT molecular complexity index is 452. The van der Waals surface area contributed by atoms with Gasteiger partial charge in [0.2, 0.25) is 5.91 Å². The number of hydrogen-bond donors (Lipinski definition) is 1. The molecule has 0 saturated carbocycles. The second-order valence-electron chi connectivity index (χ2n) is 5.98. The molecule has 0 radical (unpaired) electrons. The van der Waals surface area contributed by atoms with Gasteiger partial charge >= 0.3 is 0 Å². The molecule has 0 aliphatic heterocycles. The fourth-order valence-electron chi connectivity index (χ4n) is 2.37. The Morgan fingerprint density at radius 3 is 2.41 bits per heavy atom. The van der Waals surface area contributed by atoms with E-state index in [4.69, 9.17) is 4.74 Å². The maximum Gasteiger partial charge on any atom is 0.239 e. The minimum atomic E-state index is 0.0607. The monoisotopic (exact) mass is 306 g/mol. The summed E-state index contributed by atoms with van der Waals surface area (Å²) in [7, 11) is 0. The van der Waals surface area contributed by atoms with E-state index in [-0.39, 0.29) is 12.0 Å². The summed E-state index contributed by atoms with van der Waals surface area (Å²) in [6.45, 7) is 12.8. The Kier molecular flexibility index (Phi) is 7.96. The molecule has 0 aromatic heterocycles. The van der Waals surface area contributed by atoms with Crippen LogP contribution >= 0.6 is 0 Å². The van der Waals surface area contributed by atoms with E-state index in [0.29, 0.717) is 19.7 Å². The fourth-order valence-corrected chi connectivity index (χ4v) is 2.37. The molecule has 1 rings (SSSR count). The minimum Gasteiger partial charge on any atom is -0.379 e. The van der Waals surface area contributed by atoms with E-state index in [2.05, 4.69) is 49.2 Å². The van der Waals surface area contributed by atoms with E-state index < -0.39 is 0 Å². The maximum atomic E-state index is 12.1. The maximum absolute atomic E-state index is 12.1. The molecule has 0 atom stereocenters. The number of rotatable bonds is 9. The average Bonchev–Trinajstić information content (AvgIpc) is 2.42. The summed E-state index contributed by atoms with van der Waals surface area (Å²) in [6.07, 6.45) is 1.09. The molecular weight excluding hydrogens is 276 g/mol. The Hall–Kier alpha value is -1.55. The topological polar surface area (TPSA) is 41.6 Å². The average molecular weight is 306 g/mol. The number of hydrogen-bond acceptors (Lipinski definition) is 3. The summed E-state index contributed by atoms with van der Waals surface area (Å²) >= 11 is 0. The number of anilines is 1. The van der Waals surface area contributed by atoms with Crippen molar-refractivity contribution in [1.29, 1.82) is 0 Å². The highest BCUT2D eigenvalue weighted by atomic mass is 16.5. The van der Waals surface area contributed by atoms with Crippen LogP contribution in [0.2, 0.25) is 0 Å². The predicted molar refractivity (Wildman–Crippen MR) is 92.5 cm³/mol. The zero-order chi connectivity index (χ0) is 16.5. The molecule has 0 aliphatic rings. The van der Waals surface area contributed by atoms with Crippen LogP contribution in [-0.4, -0.2) is 38.3 Å². The van der Waals surface area contributed by atoms with Gasteiger partial charge in [-0.25, -0.2) is 0 Å². The largest absolute Gasteiger partial charge is 0.379 e. The van der Waals surface area contributed by atoms with E-state index in [1.165, 1.54) is 11.1 Å². The van der Waals surface area contributed by atoms with E-state index >= 15 is 0 Å². The van der Waals surface area contributed by atoms with Gasteiger partial charge in [0, 0.05) is 25.4 Å². The lowest BCUT2D eigenvalue weighted by Crippen LogP contribution is -2.38. The number of nitrogens with zero attached hydrogens (tertiary/aromatic N) is 1. The van der Waals surface area contributed by atoms with Crippen LogP contribution in [0, 0.1) is 13.8 Å². The van der Waals surface area contributed by atoms with Gasteiger partial charge in [-0.15, -0.1) is 0 Å². The van der Waals surface area contributed by atoms with Crippen molar-refractivity contribution in [2.24, 2.45) is 0 Å². The van der Waals surface area contributed by atoms with E-state index in [1.54, 1.807) is 0 Å². The normalized spacial score (nSPS) is 10.8. The summed E-state index contributed by atoms with van der Waals surface area (Å²) in [4.78, 5) is 14.2. The number of benzene rings is 1. The number of carbonyl (C=O) groups is 1. The van der Waals surface area contributed by atoms with Gasteiger partial charge in [-0.2, -0.15) is 0 Å². The molecule has 0 spiro atoms. The molecule has 0 saturated heterocycles. The lowest BCUT2D eigenvalue weighted by Gasteiger charge is -2.23. The van der Waals surface area contributed by atoms with Crippen LogP contribution in [-0.2, 0) is 9.53 Å². The molecule has 1 N–H and O–H groups in total. The van der Waals surface area contributed by atoms with Crippen LogP contribution < -0.4 is 10.2 Å². The zero-order valence-electron chi connectivity index (χ0n) is 14.6. The standard InChI is InChI=1S/C18H30N2O2/c1-6-20(17-11-15(4)10-16(5)12-17)13-18(21)19-8-7-9-22-14(2)3/h10-12,14H,6-9,13H2,1-5H3,(H,19,21). The number of amides is 1. The van der Waals surface area contributed by atoms with E-state index in [9.17, 15) is 4.79 Å². The molecule has 1 aromatic carbocycles. The predicted octanol–water partition coefficient (Wildman–Crippen LogP) is 3.06. The Balaban J connectivity index is 2.43. The zero-order valence-corrected chi connectivity index (χ0v) is 14.6. The first-order chi connectivity index (χ1) is 10.4. The molecule has 0 aliphatic carbocycles. The van der Waals surface area contributed by atoms with Crippen LogP contribution in [0.25, 0.3) is 0 Å². The van der Waals surface area contributed by atoms with Gasteiger partial charge < -0.3 is 15.0 Å². The lowest BCUT2D eigenvalue weighted by molar-refractivity contribution is -0.119. The number of ether oxygens (including phenoxy) is 1. The molecule has 124 valence electrons. The molecule has 0 heterocycles. The summed E-state index contributed by atoms with van der Waals surface area (Å²) in [5.74, 6) is 0.0607. The molecular formula is C18H30N2O2. The molecule has 0 unspecified atom stereocenters. The number of carbonyl (C=O) groups excluding carboxylic acids is 1. The van der Waals surface area contributed by atoms with Crippen molar-refractivity contribution < 1.29 is 9.53 Å². The van der Waals surface area contributed by atoms with E-state index in [1.807, 2.05) is 13.8 Å². The van der Waals surface area contributed by atoms with Crippen molar-refractivity contribution in [2.75, 3.05) is 31.1 Å². The molecule has 4 heteroatoms. The van der Waals surface area contributed by atoms with E-state index in [0.717, 1.165) is 18.7 Å². The van der Waals surface area contributed by atoms with Crippen LogP contribution in [0.5, 0.6) is 0 Å². The molecule has 1 aromatic rings. The second-order valence-corrected chi connectivity index (χ2v) is 5.98. The number of aryl methyl sites for hydroxylation is 2. The van der Waals surface area contributed by atoms with Gasteiger partial charge in [0.1, 0.15) is 0 Å². The minimum absolute atomic E-state index is 0.0607. The van der Waals surface area contributed by atoms with Gasteiger partial charge in [0.05, 0.1) is 12.6 Å². The van der Waals surface area contributed by atoms with Crippen molar-refractivity contribution in [3.05, 3.63) is 29.3 Å². The summed E-state index contributed by atoms with van der Waals surface area (Å²) in [5.41, 5.74) is 3.55. The first-order valence-electron chi connectivity index (χ1n) is 8.14. The Labute approximate surface area is 134 Å². The Morgan fingerprint density at radius 1 is 1.23 bits per heavy atom. The van der Waals surface area contributed by atoms with Crippen molar-refractivity contribution >= 4 is 11.6 Å². The Morgan fingerprint density at radius 2 is 1.86 bits per heavy atom. The second kappa shape index (κ2) is 9.46. The lowest BCUT2D eigenvalue weighted by atomic mass is 10.1. The van der Waals surface area contributed by atoms with Gasteiger partial charge in [-0.05, 0) is 64.3 Å². The van der Waals surface area contributed by atoms with Crippen molar-refractivity contribution in [3.63, 3.8) is 0 Å². The third-order valence-electron chi connectivity index (χ3n) is 3.38. The fraction of sp³-hybridized carbons (Fsp3) is 0.611. The summed E-state index contributed by atoms with van der Waals surface area (Å²) in [5, 5.41) is 2.96. The first-order valence-corrected chi connectivity index (χ1v) is 8.14. The SMILES string of the molecule is CCN(CC(=O)NCCCOC(C)C)c1cc(C)cc(C)c1. The highest BCUT2D eigenvalue weighted by Gasteiger charge is 2.10. The van der Waals surface area contributed by atoms with Crippen molar-refractivity contribution in [1.82, 2.24) is 5.32 Å². The third-order valence-corrected chi connectivity index (χ3v) is 3.38. The van der Waals surface area contributed by atoms with Crippen LogP contribution in [0.15, 0.2) is 18.2 Å². The third kappa shape index (κ3) is 6.94. The smallest absolute Gasteiger partial charge is 0.239 e. The van der Waals surface area contributed by atoms with Crippen molar-refractivity contribution in [3.8, 4) is 0 Å². The van der Waals surface area contributed by atoms with Crippen LogP contribution in [0.4, 0.5) is 5.69 Å². The van der Waals surface area contributed by atoms with Crippen molar-refractivity contribution in [2.45, 2.75) is 47.1 Å². The number of nitrogens with one attached hydrogen (secondary N) is 1.